The summed E-state index contributed by atoms with van der Waals surface area (Å²) in [6, 6.07) is 9.55. The number of hydrogen-bond donors (Lipinski definition) is 0. The average molecular weight is 175 g/mol. The Kier molecular flexibility index (Phi) is 2.36. The van der Waals surface area contributed by atoms with Crippen molar-refractivity contribution >= 4 is 0 Å². The van der Waals surface area contributed by atoms with Crippen LogP contribution in [0.5, 0.6) is 0 Å². The Hall–Kier alpha value is -0.820. The quantitative estimate of drug-likeness (QED) is 0.633. The summed E-state index contributed by atoms with van der Waals surface area (Å²) in [6.45, 7) is 3.39. The van der Waals surface area contributed by atoms with Gasteiger partial charge in [0.25, 0.3) is 0 Å². The molecular formula is C12H17N. The Morgan fingerprint density at radius 3 is 2.69 bits per heavy atom. The molecule has 13 heavy (non-hydrogen) atoms. The minimum absolute atomic E-state index is 0.745. The van der Waals surface area contributed by atoms with Gasteiger partial charge in [-0.3, -0.25) is 4.90 Å². The molecule has 1 atom stereocenters. The van der Waals surface area contributed by atoms with Gasteiger partial charge in [0, 0.05) is 12.6 Å². The third kappa shape index (κ3) is 1.61. The van der Waals surface area contributed by atoms with E-state index in [0.717, 1.165) is 12.6 Å². The minimum Gasteiger partial charge on any atom is -0.299 e. The number of likely N-dealkylation sites (N-methyl/N-ethyl adjacent to an activating group) is 1. The van der Waals surface area contributed by atoms with Gasteiger partial charge in [0.1, 0.15) is 0 Å². The third-order valence-electron chi connectivity index (χ3n) is 3.09. The standard InChI is InChI=1S/C12H17N/c1-3-12-8-10-6-4-5-7-11(10)9-13(12)2/h4-7,12H,3,8-9H2,1-2H3/t12-/m0/s1. The monoisotopic (exact) mass is 175 g/mol. The molecule has 0 aliphatic carbocycles. The van der Waals surface area contributed by atoms with E-state index in [1.807, 2.05) is 0 Å². The first-order chi connectivity index (χ1) is 6.31. The highest BCUT2D eigenvalue weighted by molar-refractivity contribution is 5.29. The fraction of sp³-hybridized carbons (Fsp3) is 0.500. The molecule has 70 valence electrons. The van der Waals surface area contributed by atoms with Crippen LogP contribution in [0, 0.1) is 0 Å². The zero-order valence-electron chi connectivity index (χ0n) is 8.46. The van der Waals surface area contributed by atoms with Crippen LogP contribution >= 0.6 is 0 Å². The second-order valence-electron chi connectivity index (χ2n) is 3.95. The molecular weight excluding hydrogens is 158 g/mol. The Morgan fingerprint density at radius 1 is 1.31 bits per heavy atom. The van der Waals surface area contributed by atoms with Gasteiger partial charge in [-0.1, -0.05) is 31.2 Å². The van der Waals surface area contributed by atoms with Crippen LogP contribution in [0.3, 0.4) is 0 Å². The van der Waals surface area contributed by atoms with Crippen LogP contribution in [-0.4, -0.2) is 18.0 Å². The van der Waals surface area contributed by atoms with E-state index in [1.54, 1.807) is 5.56 Å². The number of hydrogen-bond acceptors (Lipinski definition) is 1. The van der Waals surface area contributed by atoms with Crippen molar-refractivity contribution in [1.29, 1.82) is 0 Å². The summed E-state index contributed by atoms with van der Waals surface area (Å²) in [7, 11) is 2.23. The maximum absolute atomic E-state index is 2.46. The van der Waals surface area contributed by atoms with E-state index in [2.05, 4.69) is 43.1 Å². The second-order valence-corrected chi connectivity index (χ2v) is 3.95. The summed E-state index contributed by atoms with van der Waals surface area (Å²) < 4.78 is 0. The Balaban J connectivity index is 2.27. The van der Waals surface area contributed by atoms with Gasteiger partial charge < -0.3 is 0 Å². The van der Waals surface area contributed by atoms with Crippen molar-refractivity contribution in [3.63, 3.8) is 0 Å². The fourth-order valence-corrected chi connectivity index (χ4v) is 2.17. The van der Waals surface area contributed by atoms with Crippen molar-refractivity contribution in [1.82, 2.24) is 4.90 Å². The van der Waals surface area contributed by atoms with Crippen molar-refractivity contribution in [2.24, 2.45) is 0 Å². The fourth-order valence-electron chi connectivity index (χ4n) is 2.17. The summed E-state index contributed by atoms with van der Waals surface area (Å²) in [5.74, 6) is 0. The molecule has 0 bridgehead atoms. The largest absolute Gasteiger partial charge is 0.299 e. The van der Waals surface area contributed by atoms with E-state index in [4.69, 9.17) is 0 Å². The SMILES string of the molecule is CC[C@H]1Cc2ccccc2CN1C. The van der Waals surface area contributed by atoms with Crippen LogP contribution in [0.25, 0.3) is 0 Å². The molecule has 0 saturated carbocycles. The van der Waals surface area contributed by atoms with Gasteiger partial charge in [-0.15, -0.1) is 0 Å². The van der Waals surface area contributed by atoms with Crippen LogP contribution in [-0.2, 0) is 13.0 Å². The Morgan fingerprint density at radius 2 is 2.00 bits per heavy atom. The molecule has 2 rings (SSSR count). The van der Waals surface area contributed by atoms with Crippen LogP contribution in [0.15, 0.2) is 24.3 Å². The van der Waals surface area contributed by atoms with E-state index in [1.165, 1.54) is 18.4 Å². The molecule has 1 heterocycles. The summed E-state index contributed by atoms with van der Waals surface area (Å²) >= 11 is 0. The van der Waals surface area contributed by atoms with E-state index < -0.39 is 0 Å². The highest BCUT2D eigenvalue weighted by Gasteiger charge is 2.20. The van der Waals surface area contributed by atoms with Gasteiger partial charge >= 0.3 is 0 Å². The molecule has 0 aromatic heterocycles. The molecule has 1 aromatic rings. The van der Waals surface area contributed by atoms with Gasteiger partial charge in [-0.25, -0.2) is 0 Å². The molecule has 1 heteroatoms. The molecule has 1 aliphatic rings. The van der Waals surface area contributed by atoms with Crippen LogP contribution < -0.4 is 0 Å². The third-order valence-corrected chi connectivity index (χ3v) is 3.09. The lowest BCUT2D eigenvalue weighted by Gasteiger charge is -2.33. The Labute approximate surface area is 80.4 Å². The van der Waals surface area contributed by atoms with Crippen LogP contribution in [0.2, 0.25) is 0 Å². The molecule has 0 radical (unpaired) electrons. The zero-order chi connectivity index (χ0) is 9.26. The van der Waals surface area contributed by atoms with Gasteiger partial charge in [0.05, 0.1) is 0 Å². The predicted octanol–water partition coefficient (Wildman–Crippen LogP) is 2.45. The van der Waals surface area contributed by atoms with Crippen LogP contribution in [0.4, 0.5) is 0 Å². The Bertz CT molecular complexity index is 293. The average Bonchev–Trinajstić information content (AvgIpc) is 2.17. The lowest BCUT2D eigenvalue weighted by atomic mass is 9.93. The molecule has 1 aromatic carbocycles. The van der Waals surface area contributed by atoms with Crippen molar-refractivity contribution in [3.8, 4) is 0 Å². The second kappa shape index (κ2) is 3.51. The number of nitrogens with zero attached hydrogens (tertiary/aromatic N) is 1. The van der Waals surface area contributed by atoms with Gasteiger partial charge in [-0.2, -0.15) is 0 Å². The van der Waals surface area contributed by atoms with Crippen molar-refractivity contribution in [2.75, 3.05) is 7.05 Å². The first-order valence-electron chi connectivity index (χ1n) is 5.08. The lowest BCUT2D eigenvalue weighted by Crippen LogP contribution is -2.36. The first kappa shape index (κ1) is 8.76. The molecule has 0 N–H and O–H groups in total. The number of benzene rings is 1. The molecule has 1 aliphatic heterocycles. The summed E-state index contributed by atoms with van der Waals surface area (Å²) in [6.07, 6.45) is 2.48. The normalized spacial score (nSPS) is 22.8. The van der Waals surface area contributed by atoms with Gasteiger partial charge in [0.15, 0.2) is 0 Å². The molecule has 0 fully saturated rings. The first-order valence-corrected chi connectivity index (χ1v) is 5.08. The maximum atomic E-state index is 2.46. The topological polar surface area (TPSA) is 3.24 Å². The van der Waals surface area contributed by atoms with Gasteiger partial charge in [0.2, 0.25) is 0 Å². The van der Waals surface area contributed by atoms with E-state index in [-0.39, 0.29) is 0 Å². The lowest BCUT2D eigenvalue weighted by molar-refractivity contribution is 0.210. The molecule has 0 spiro atoms. The summed E-state index contributed by atoms with van der Waals surface area (Å²) in [4.78, 5) is 2.46. The minimum atomic E-state index is 0.745. The molecule has 0 unspecified atom stereocenters. The smallest absolute Gasteiger partial charge is 0.0236 e. The summed E-state index contributed by atoms with van der Waals surface area (Å²) in [5, 5.41) is 0. The highest BCUT2D eigenvalue weighted by Crippen LogP contribution is 2.22. The molecule has 0 amide bonds. The summed E-state index contributed by atoms with van der Waals surface area (Å²) in [5.41, 5.74) is 3.06. The number of fused-ring (bicyclic) bond motifs is 1. The van der Waals surface area contributed by atoms with Crippen molar-refractivity contribution in [3.05, 3.63) is 35.4 Å². The number of rotatable bonds is 1. The zero-order valence-corrected chi connectivity index (χ0v) is 8.46. The van der Waals surface area contributed by atoms with Crippen molar-refractivity contribution < 1.29 is 0 Å². The van der Waals surface area contributed by atoms with Crippen molar-refractivity contribution in [2.45, 2.75) is 32.4 Å². The highest BCUT2D eigenvalue weighted by atomic mass is 15.1. The molecule has 0 saturated heterocycles. The maximum Gasteiger partial charge on any atom is 0.0236 e. The van der Waals surface area contributed by atoms with E-state index in [9.17, 15) is 0 Å². The molecule has 1 nitrogen and oxygen atoms in total. The predicted molar refractivity (Wildman–Crippen MR) is 55.7 cm³/mol. The van der Waals surface area contributed by atoms with Gasteiger partial charge in [-0.05, 0) is 31.0 Å². The van der Waals surface area contributed by atoms with Crippen LogP contribution in [0.1, 0.15) is 24.5 Å². The van der Waals surface area contributed by atoms with E-state index in [0.29, 0.717) is 0 Å². The van der Waals surface area contributed by atoms with E-state index >= 15 is 0 Å².